The highest BCUT2D eigenvalue weighted by Gasteiger charge is 2.19. The molecule has 0 N–H and O–H groups in total. The molecule has 94 valence electrons. The third-order valence-electron chi connectivity index (χ3n) is 2.18. The second-order valence-electron chi connectivity index (χ2n) is 4.03. The summed E-state index contributed by atoms with van der Waals surface area (Å²) in [6.07, 6.45) is 0. The first-order valence-corrected chi connectivity index (χ1v) is 5.48. The van der Waals surface area contributed by atoms with E-state index >= 15 is 0 Å². The van der Waals surface area contributed by atoms with Gasteiger partial charge in [0, 0.05) is 0 Å². The Balaban J connectivity index is 2.97. The first-order chi connectivity index (χ1) is 8.10. The van der Waals surface area contributed by atoms with Crippen molar-refractivity contribution in [3.63, 3.8) is 0 Å². The molecule has 0 aliphatic rings. The predicted octanol–water partition coefficient (Wildman–Crippen LogP) is 2.52. The monoisotopic (exact) mass is 238 g/mol. The standard InChI is InChI=1S/C13H18O4/c1-9(2)8-17-13(14)12-10(15-3)6-5-7-11(12)16-4/h5-7,9H,8H2,1-4H3. The van der Waals surface area contributed by atoms with Gasteiger partial charge in [-0.05, 0) is 18.1 Å². The van der Waals surface area contributed by atoms with Crippen LogP contribution in [0.3, 0.4) is 0 Å². The van der Waals surface area contributed by atoms with Crippen LogP contribution in [0.15, 0.2) is 18.2 Å². The summed E-state index contributed by atoms with van der Waals surface area (Å²) >= 11 is 0. The van der Waals surface area contributed by atoms with Gasteiger partial charge in [0.15, 0.2) is 0 Å². The number of ether oxygens (including phenoxy) is 3. The Hall–Kier alpha value is -1.71. The minimum absolute atomic E-state index is 0.291. The zero-order chi connectivity index (χ0) is 12.8. The highest BCUT2D eigenvalue weighted by atomic mass is 16.5. The van der Waals surface area contributed by atoms with E-state index in [4.69, 9.17) is 14.2 Å². The largest absolute Gasteiger partial charge is 0.496 e. The maximum Gasteiger partial charge on any atom is 0.345 e. The lowest BCUT2D eigenvalue weighted by Crippen LogP contribution is -2.12. The lowest BCUT2D eigenvalue weighted by atomic mass is 10.1. The molecule has 0 fully saturated rings. The Labute approximate surface area is 101 Å². The molecule has 0 saturated carbocycles. The predicted molar refractivity (Wildman–Crippen MR) is 64.7 cm³/mol. The highest BCUT2D eigenvalue weighted by Crippen LogP contribution is 2.28. The maximum atomic E-state index is 11.9. The Morgan fingerprint density at radius 1 is 1.18 bits per heavy atom. The van der Waals surface area contributed by atoms with E-state index in [2.05, 4.69) is 0 Å². The fourth-order valence-electron chi connectivity index (χ4n) is 1.37. The first-order valence-electron chi connectivity index (χ1n) is 5.48. The summed E-state index contributed by atoms with van der Waals surface area (Å²) in [7, 11) is 3.02. The smallest absolute Gasteiger partial charge is 0.345 e. The van der Waals surface area contributed by atoms with Crippen LogP contribution in [0.2, 0.25) is 0 Å². The van der Waals surface area contributed by atoms with Crippen molar-refractivity contribution in [1.82, 2.24) is 0 Å². The van der Waals surface area contributed by atoms with E-state index in [9.17, 15) is 4.79 Å². The van der Waals surface area contributed by atoms with Crippen molar-refractivity contribution in [3.8, 4) is 11.5 Å². The molecule has 0 amide bonds. The van der Waals surface area contributed by atoms with Gasteiger partial charge in [0.1, 0.15) is 17.1 Å². The quantitative estimate of drug-likeness (QED) is 0.739. The highest BCUT2D eigenvalue weighted by molar-refractivity contribution is 5.95. The summed E-state index contributed by atoms with van der Waals surface area (Å²) in [6, 6.07) is 5.17. The van der Waals surface area contributed by atoms with E-state index in [1.54, 1.807) is 18.2 Å². The van der Waals surface area contributed by atoms with Gasteiger partial charge in [-0.15, -0.1) is 0 Å². The molecule has 4 nitrogen and oxygen atoms in total. The van der Waals surface area contributed by atoms with Crippen molar-refractivity contribution in [2.45, 2.75) is 13.8 Å². The van der Waals surface area contributed by atoms with Gasteiger partial charge in [-0.25, -0.2) is 4.79 Å². The van der Waals surface area contributed by atoms with Crippen LogP contribution in [-0.4, -0.2) is 26.8 Å². The molecule has 17 heavy (non-hydrogen) atoms. The van der Waals surface area contributed by atoms with Crippen molar-refractivity contribution >= 4 is 5.97 Å². The van der Waals surface area contributed by atoms with Crippen LogP contribution in [0.4, 0.5) is 0 Å². The summed E-state index contributed by atoms with van der Waals surface area (Å²) in [5, 5.41) is 0. The third-order valence-corrected chi connectivity index (χ3v) is 2.18. The van der Waals surface area contributed by atoms with Gasteiger partial charge in [-0.1, -0.05) is 19.9 Å². The van der Waals surface area contributed by atoms with E-state index in [0.717, 1.165) is 0 Å². The molecule has 0 bridgehead atoms. The van der Waals surface area contributed by atoms with Crippen molar-refractivity contribution < 1.29 is 19.0 Å². The van der Waals surface area contributed by atoms with E-state index in [1.165, 1.54) is 14.2 Å². The van der Waals surface area contributed by atoms with Gasteiger partial charge >= 0.3 is 5.97 Å². The fraction of sp³-hybridized carbons (Fsp3) is 0.462. The molecule has 1 rings (SSSR count). The third kappa shape index (κ3) is 3.37. The lowest BCUT2D eigenvalue weighted by molar-refractivity contribution is 0.0451. The minimum Gasteiger partial charge on any atom is -0.496 e. The number of esters is 1. The molecular formula is C13H18O4. The molecule has 0 unspecified atom stereocenters. The molecule has 0 heterocycles. The van der Waals surface area contributed by atoms with Crippen LogP contribution in [0, 0.1) is 5.92 Å². The van der Waals surface area contributed by atoms with Crippen LogP contribution in [0.25, 0.3) is 0 Å². The molecule has 0 aromatic heterocycles. The number of carbonyl (C=O) groups excluding carboxylic acids is 1. The van der Waals surface area contributed by atoms with Crippen molar-refractivity contribution in [2.75, 3.05) is 20.8 Å². The molecule has 0 spiro atoms. The maximum absolute atomic E-state index is 11.9. The second-order valence-corrected chi connectivity index (χ2v) is 4.03. The average molecular weight is 238 g/mol. The topological polar surface area (TPSA) is 44.8 Å². The molecule has 0 aliphatic heterocycles. The number of hydrogen-bond donors (Lipinski definition) is 0. The zero-order valence-electron chi connectivity index (χ0n) is 10.6. The van der Waals surface area contributed by atoms with Crippen molar-refractivity contribution in [2.24, 2.45) is 5.92 Å². The number of rotatable bonds is 5. The Morgan fingerprint density at radius 3 is 2.12 bits per heavy atom. The molecular weight excluding hydrogens is 220 g/mol. The fourth-order valence-corrected chi connectivity index (χ4v) is 1.37. The summed E-state index contributed by atoms with van der Waals surface area (Å²) in [5.74, 6) is 0.781. The van der Waals surface area contributed by atoms with Crippen molar-refractivity contribution in [3.05, 3.63) is 23.8 Å². The van der Waals surface area contributed by atoms with Gasteiger partial charge in [0.2, 0.25) is 0 Å². The van der Waals surface area contributed by atoms with Crippen LogP contribution in [0.5, 0.6) is 11.5 Å². The van der Waals surface area contributed by atoms with Crippen LogP contribution in [-0.2, 0) is 4.74 Å². The average Bonchev–Trinajstić information content (AvgIpc) is 2.34. The molecule has 0 saturated heterocycles. The Kier molecular flexibility index (Phi) is 4.82. The van der Waals surface area contributed by atoms with Gasteiger partial charge < -0.3 is 14.2 Å². The molecule has 0 atom stereocenters. The first kappa shape index (κ1) is 13.4. The van der Waals surface area contributed by atoms with Gasteiger partial charge in [-0.3, -0.25) is 0 Å². The van der Waals surface area contributed by atoms with E-state index < -0.39 is 5.97 Å². The Morgan fingerprint density at radius 2 is 1.71 bits per heavy atom. The molecule has 1 aromatic carbocycles. The van der Waals surface area contributed by atoms with Gasteiger partial charge in [-0.2, -0.15) is 0 Å². The van der Waals surface area contributed by atoms with Gasteiger partial charge in [0.25, 0.3) is 0 Å². The molecule has 0 radical (unpaired) electrons. The summed E-state index contributed by atoms with van der Waals surface area (Å²) in [5.41, 5.74) is 0.332. The summed E-state index contributed by atoms with van der Waals surface area (Å²) < 4.78 is 15.4. The molecule has 4 heteroatoms. The van der Waals surface area contributed by atoms with E-state index in [0.29, 0.717) is 29.6 Å². The normalized spacial score (nSPS) is 10.2. The van der Waals surface area contributed by atoms with E-state index in [1.807, 2.05) is 13.8 Å². The number of methoxy groups -OCH3 is 2. The van der Waals surface area contributed by atoms with Crippen LogP contribution in [0.1, 0.15) is 24.2 Å². The number of hydrogen-bond acceptors (Lipinski definition) is 4. The Bertz CT molecular complexity index is 363. The van der Waals surface area contributed by atoms with E-state index in [-0.39, 0.29) is 0 Å². The van der Waals surface area contributed by atoms with Crippen LogP contribution >= 0.6 is 0 Å². The number of benzene rings is 1. The van der Waals surface area contributed by atoms with Gasteiger partial charge in [0.05, 0.1) is 20.8 Å². The zero-order valence-corrected chi connectivity index (χ0v) is 10.6. The molecule has 1 aromatic rings. The summed E-state index contributed by atoms with van der Waals surface area (Å²) in [4.78, 5) is 11.9. The SMILES string of the molecule is COc1cccc(OC)c1C(=O)OCC(C)C. The lowest BCUT2D eigenvalue weighted by Gasteiger charge is -2.13. The second kappa shape index (κ2) is 6.13. The minimum atomic E-state index is -0.423. The van der Waals surface area contributed by atoms with Crippen LogP contribution < -0.4 is 9.47 Å². The number of carbonyl (C=O) groups is 1. The van der Waals surface area contributed by atoms with Crippen molar-refractivity contribution in [1.29, 1.82) is 0 Å². The molecule has 0 aliphatic carbocycles. The summed E-state index contributed by atoms with van der Waals surface area (Å²) in [6.45, 7) is 4.33.